The van der Waals surface area contributed by atoms with Crippen molar-refractivity contribution in [3.8, 4) is 5.75 Å². The summed E-state index contributed by atoms with van der Waals surface area (Å²) in [5, 5.41) is 0. The van der Waals surface area contributed by atoms with Crippen molar-refractivity contribution in [2.45, 2.75) is 20.0 Å². The van der Waals surface area contributed by atoms with Crippen LogP contribution >= 0.6 is 0 Å². The lowest BCUT2D eigenvalue weighted by Crippen LogP contribution is -2.11. The molecule has 1 aromatic heterocycles. The van der Waals surface area contributed by atoms with Crippen molar-refractivity contribution >= 4 is 20.4 Å². The lowest BCUT2D eigenvalue weighted by Gasteiger charge is -2.12. The highest BCUT2D eigenvalue weighted by Gasteiger charge is 2.06. The van der Waals surface area contributed by atoms with Gasteiger partial charge in [-0.05, 0) is 32.2 Å². The van der Waals surface area contributed by atoms with Crippen LogP contribution in [-0.4, -0.2) is 24.7 Å². The fourth-order valence-electron chi connectivity index (χ4n) is 1.63. The van der Waals surface area contributed by atoms with Gasteiger partial charge in [0, 0.05) is 23.7 Å². The number of rotatable bonds is 4. The highest BCUT2D eigenvalue weighted by Crippen LogP contribution is 2.28. The van der Waals surface area contributed by atoms with Gasteiger partial charge in [-0.15, -0.1) is 0 Å². The lowest BCUT2D eigenvalue weighted by atomic mass is 10.2. The predicted molar refractivity (Wildman–Crippen MR) is 79.9 cm³/mol. The topological polar surface area (TPSA) is 47.4 Å². The molecule has 0 unspecified atom stereocenters. The van der Waals surface area contributed by atoms with Crippen LogP contribution in [-0.2, 0) is 0 Å². The monoisotopic (exact) mass is 271 g/mol. The van der Waals surface area contributed by atoms with Gasteiger partial charge in [-0.1, -0.05) is 12.1 Å². The van der Waals surface area contributed by atoms with Crippen LogP contribution in [0.3, 0.4) is 0 Å². The van der Waals surface area contributed by atoms with E-state index < -0.39 is 9.04 Å². The molecule has 98 valence electrons. The largest absolute Gasteiger partial charge is 0.546 e. The Bertz CT molecular complexity index is 570. The van der Waals surface area contributed by atoms with Gasteiger partial charge in [-0.3, -0.25) is 0 Å². The molecule has 0 bridgehead atoms. The average molecular weight is 271 g/mol. The van der Waals surface area contributed by atoms with Gasteiger partial charge >= 0.3 is 0 Å². The number of aliphatic imine (C=N–C) groups is 1. The van der Waals surface area contributed by atoms with Gasteiger partial charge in [-0.2, -0.15) is 0 Å². The fraction of sp³-hybridized carbons (Fsp3) is 0.214. The number of benzene rings is 1. The Hall–Kier alpha value is -2.01. The number of hydrogen-bond acceptors (Lipinski definition) is 4. The first-order chi connectivity index (χ1) is 9.16. The standard InChI is InChI=1S/C14H17N3OSi/c1-11(12-8-15-10-16-9-12)17-13-6-4-5-7-14(13)18-19(2)3/h4-10,19H,1-3H3. The average Bonchev–Trinajstić information content (AvgIpc) is 2.41. The molecule has 0 atom stereocenters. The van der Waals surface area contributed by atoms with Gasteiger partial charge in [0.05, 0.1) is 0 Å². The van der Waals surface area contributed by atoms with E-state index in [-0.39, 0.29) is 0 Å². The van der Waals surface area contributed by atoms with Crippen LogP contribution in [0.25, 0.3) is 0 Å². The van der Waals surface area contributed by atoms with E-state index in [2.05, 4.69) is 28.1 Å². The number of hydrogen-bond donors (Lipinski definition) is 0. The Kier molecular flexibility index (Phi) is 4.41. The quantitative estimate of drug-likeness (QED) is 0.634. The minimum Gasteiger partial charge on any atom is -0.546 e. The van der Waals surface area contributed by atoms with E-state index in [1.165, 1.54) is 6.33 Å². The molecule has 0 fully saturated rings. The van der Waals surface area contributed by atoms with Crippen molar-refractivity contribution in [1.29, 1.82) is 0 Å². The molecule has 0 saturated heterocycles. The third kappa shape index (κ3) is 3.72. The molecule has 0 aliphatic carbocycles. The van der Waals surface area contributed by atoms with Crippen molar-refractivity contribution in [3.05, 3.63) is 48.5 Å². The van der Waals surface area contributed by atoms with Crippen LogP contribution in [0.4, 0.5) is 5.69 Å². The number of para-hydroxylation sites is 2. The van der Waals surface area contributed by atoms with Crippen molar-refractivity contribution in [1.82, 2.24) is 9.97 Å². The predicted octanol–water partition coefficient (Wildman–Crippen LogP) is 2.98. The van der Waals surface area contributed by atoms with E-state index in [1.807, 2.05) is 31.2 Å². The van der Waals surface area contributed by atoms with Crippen LogP contribution in [0.15, 0.2) is 48.0 Å². The van der Waals surface area contributed by atoms with E-state index in [4.69, 9.17) is 4.43 Å². The minimum atomic E-state index is -1.14. The van der Waals surface area contributed by atoms with Crippen molar-refractivity contribution in [3.63, 3.8) is 0 Å². The molecular formula is C14H17N3OSi. The Labute approximate surface area is 114 Å². The van der Waals surface area contributed by atoms with E-state index in [9.17, 15) is 0 Å². The molecule has 5 heteroatoms. The van der Waals surface area contributed by atoms with Gasteiger partial charge in [0.1, 0.15) is 17.8 Å². The van der Waals surface area contributed by atoms with Crippen LogP contribution < -0.4 is 4.43 Å². The molecule has 2 rings (SSSR count). The maximum absolute atomic E-state index is 5.88. The van der Waals surface area contributed by atoms with E-state index in [1.54, 1.807) is 12.4 Å². The van der Waals surface area contributed by atoms with Crippen molar-refractivity contribution < 1.29 is 4.43 Å². The summed E-state index contributed by atoms with van der Waals surface area (Å²) in [6, 6.07) is 7.84. The number of nitrogens with zero attached hydrogens (tertiary/aromatic N) is 3. The summed E-state index contributed by atoms with van der Waals surface area (Å²) in [7, 11) is -1.14. The van der Waals surface area contributed by atoms with Gasteiger partial charge in [0.25, 0.3) is 0 Å². The summed E-state index contributed by atoms with van der Waals surface area (Å²) in [4.78, 5) is 12.6. The SMILES string of the molecule is CC(=Nc1ccccc1O[SiH](C)C)c1cncnc1. The lowest BCUT2D eigenvalue weighted by molar-refractivity contribution is 0.582. The second-order valence-electron chi connectivity index (χ2n) is 4.46. The summed E-state index contributed by atoms with van der Waals surface area (Å²) in [5.74, 6) is 0.848. The van der Waals surface area contributed by atoms with Gasteiger partial charge in [-0.25, -0.2) is 15.0 Å². The third-order valence-electron chi connectivity index (χ3n) is 2.49. The van der Waals surface area contributed by atoms with Crippen LogP contribution in [0, 0.1) is 0 Å². The van der Waals surface area contributed by atoms with Gasteiger partial charge in [0.15, 0.2) is 0 Å². The Balaban J connectivity index is 2.32. The molecule has 1 aromatic carbocycles. The first-order valence-corrected chi connectivity index (χ1v) is 9.01. The molecule has 0 aliphatic heterocycles. The second kappa shape index (κ2) is 6.24. The van der Waals surface area contributed by atoms with Crippen molar-refractivity contribution in [2.24, 2.45) is 4.99 Å². The normalized spacial score (nSPS) is 11.7. The summed E-state index contributed by atoms with van der Waals surface area (Å²) in [6.45, 7) is 6.22. The molecule has 19 heavy (non-hydrogen) atoms. The number of aromatic nitrogens is 2. The van der Waals surface area contributed by atoms with Gasteiger partial charge in [0.2, 0.25) is 9.04 Å². The molecule has 1 heterocycles. The zero-order valence-corrected chi connectivity index (χ0v) is 12.5. The Morgan fingerprint density at radius 3 is 2.53 bits per heavy atom. The zero-order chi connectivity index (χ0) is 13.7. The highest BCUT2D eigenvalue weighted by molar-refractivity contribution is 6.49. The third-order valence-corrected chi connectivity index (χ3v) is 3.22. The first-order valence-electron chi connectivity index (χ1n) is 6.23. The maximum Gasteiger partial charge on any atom is 0.229 e. The summed E-state index contributed by atoms with van der Waals surface area (Å²) in [5.41, 5.74) is 2.64. The summed E-state index contributed by atoms with van der Waals surface area (Å²) >= 11 is 0. The van der Waals surface area contributed by atoms with E-state index in [0.29, 0.717) is 0 Å². The molecule has 0 aliphatic rings. The van der Waals surface area contributed by atoms with Gasteiger partial charge < -0.3 is 4.43 Å². The van der Waals surface area contributed by atoms with Crippen LogP contribution in [0.1, 0.15) is 12.5 Å². The smallest absolute Gasteiger partial charge is 0.229 e. The Morgan fingerprint density at radius 1 is 1.16 bits per heavy atom. The summed E-state index contributed by atoms with van der Waals surface area (Å²) < 4.78 is 5.88. The van der Waals surface area contributed by atoms with E-state index in [0.717, 1.165) is 22.7 Å². The molecule has 0 saturated carbocycles. The van der Waals surface area contributed by atoms with E-state index >= 15 is 0 Å². The molecule has 0 N–H and O–H groups in total. The molecule has 4 nitrogen and oxygen atoms in total. The van der Waals surface area contributed by atoms with Crippen LogP contribution in [0.5, 0.6) is 5.75 Å². The Morgan fingerprint density at radius 2 is 1.84 bits per heavy atom. The molecule has 0 spiro atoms. The highest BCUT2D eigenvalue weighted by atomic mass is 28.3. The minimum absolute atomic E-state index is 0.848. The molecule has 2 aromatic rings. The summed E-state index contributed by atoms with van der Waals surface area (Å²) in [6.07, 6.45) is 5.02. The fourth-order valence-corrected chi connectivity index (χ4v) is 2.34. The second-order valence-corrected chi connectivity index (χ2v) is 6.79. The molecule has 0 radical (unpaired) electrons. The van der Waals surface area contributed by atoms with Crippen molar-refractivity contribution in [2.75, 3.05) is 0 Å². The molecule has 0 amide bonds. The zero-order valence-electron chi connectivity index (χ0n) is 11.4. The van der Waals surface area contributed by atoms with Crippen LogP contribution in [0.2, 0.25) is 13.1 Å². The first kappa shape index (κ1) is 13.4. The maximum atomic E-state index is 5.88. The molecular weight excluding hydrogens is 254 g/mol.